The van der Waals surface area contributed by atoms with Crippen LogP contribution < -0.4 is 0 Å². The molecule has 0 N–H and O–H groups in total. The predicted molar refractivity (Wildman–Crippen MR) is 119 cm³/mol. The van der Waals surface area contributed by atoms with Crippen LogP contribution in [-0.2, 0) is 14.3 Å². The zero-order valence-electron chi connectivity index (χ0n) is 18.8. The van der Waals surface area contributed by atoms with Crippen LogP contribution in [-0.4, -0.2) is 25.3 Å². The summed E-state index contributed by atoms with van der Waals surface area (Å²) in [5.41, 5.74) is 0. The number of rotatable bonds is 20. The minimum absolute atomic E-state index is 0.0579. The predicted octanol–water partition coefficient (Wildman–Crippen LogP) is 7.75. The lowest BCUT2D eigenvalue weighted by molar-refractivity contribution is -0.190. The number of carbonyl (C=O) groups is 1. The van der Waals surface area contributed by atoms with E-state index >= 15 is 0 Å². The molecule has 1 aliphatic rings. The minimum atomic E-state index is -0.0740. The van der Waals surface area contributed by atoms with E-state index in [2.05, 4.69) is 6.92 Å². The van der Waals surface area contributed by atoms with Gasteiger partial charge in [-0.25, -0.2) is 0 Å². The molecule has 0 spiro atoms. The Hall–Kier alpha value is -0.410. The van der Waals surface area contributed by atoms with Crippen molar-refractivity contribution in [2.75, 3.05) is 6.61 Å². The molecule has 28 heavy (non-hydrogen) atoms. The van der Waals surface area contributed by atoms with Gasteiger partial charge in [0.2, 0.25) is 0 Å². The fourth-order valence-corrected chi connectivity index (χ4v) is 4.13. The zero-order chi connectivity index (χ0) is 20.1. The molecule has 0 aromatic rings. The molecule has 1 rings (SSSR count). The van der Waals surface area contributed by atoms with E-state index in [0.717, 1.165) is 32.2 Å². The number of carbonyl (C=O) groups excluding carboxylic acids is 1. The van der Waals surface area contributed by atoms with E-state index in [4.69, 9.17) is 9.47 Å². The van der Waals surface area contributed by atoms with E-state index in [-0.39, 0.29) is 12.4 Å². The Bertz CT molecular complexity index is 326. The first-order valence-corrected chi connectivity index (χ1v) is 12.6. The highest BCUT2D eigenvalue weighted by atomic mass is 16.7. The summed E-state index contributed by atoms with van der Waals surface area (Å²) in [6.45, 7) is 3.09. The van der Waals surface area contributed by atoms with Gasteiger partial charge in [-0.2, -0.15) is 0 Å². The standard InChI is InChI=1S/C25H48O3/c1-2-3-4-5-6-7-8-9-10-11-12-13-14-15-16-19-24(21-22-26)28-25-20-17-18-23-27-25/h22,24-25H,2-21,23H2,1H3. The largest absolute Gasteiger partial charge is 0.353 e. The average molecular weight is 397 g/mol. The topological polar surface area (TPSA) is 35.5 Å². The van der Waals surface area contributed by atoms with Crippen LogP contribution in [0.4, 0.5) is 0 Å². The number of hydrogen-bond acceptors (Lipinski definition) is 3. The summed E-state index contributed by atoms with van der Waals surface area (Å²) in [7, 11) is 0. The Morgan fingerprint density at radius 2 is 1.36 bits per heavy atom. The fourth-order valence-electron chi connectivity index (χ4n) is 4.13. The van der Waals surface area contributed by atoms with E-state index in [1.165, 1.54) is 103 Å². The second kappa shape index (κ2) is 19.9. The van der Waals surface area contributed by atoms with Gasteiger partial charge in [-0.3, -0.25) is 0 Å². The van der Waals surface area contributed by atoms with E-state index in [0.29, 0.717) is 6.42 Å². The van der Waals surface area contributed by atoms with Gasteiger partial charge in [0.15, 0.2) is 6.29 Å². The summed E-state index contributed by atoms with van der Waals surface area (Å²) in [6.07, 6.45) is 26.5. The molecule has 2 unspecified atom stereocenters. The number of aldehydes is 1. The van der Waals surface area contributed by atoms with Crippen molar-refractivity contribution in [1.82, 2.24) is 0 Å². The SMILES string of the molecule is CCCCCCCCCCCCCCCCCC(CC=O)OC1CCCCO1. The van der Waals surface area contributed by atoms with Gasteiger partial charge in [0.1, 0.15) is 6.29 Å². The van der Waals surface area contributed by atoms with Crippen molar-refractivity contribution in [2.24, 2.45) is 0 Å². The number of hydrogen-bond donors (Lipinski definition) is 0. The monoisotopic (exact) mass is 396 g/mol. The minimum Gasteiger partial charge on any atom is -0.353 e. The van der Waals surface area contributed by atoms with E-state index in [1.54, 1.807) is 0 Å². The van der Waals surface area contributed by atoms with Gasteiger partial charge < -0.3 is 14.3 Å². The first-order valence-electron chi connectivity index (χ1n) is 12.6. The second-order valence-corrected chi connectivity index (χ2v) is 8.70. The van der Waals surface area contributed by atoms with Crippen LogP contribution in [0.25, 0.3) is 0 Å². The van der Waals surface area contributed by atoms with E-state index < -0.39 is 0 Å². The number of ether oxygens (including phenoxy) is 2. The fraction of sp³-hybridized carbons (Fsp3) is 0.960. The molecule has 3 heteroatoms. The third-order valence-corrected chi connectivity index (χ3v) is 5.97. The molecule has 1 aliphatic heterocycles. The first kappa shape index (κ1) is 25.6. The molecule has 0 aliphatic carbocycles. The van der Waals surface area contributed by atoms with Crippen molar-refractivity contribution in [3.8, 4) is 0 Å². The third kappa shape index (κ3) is 15.5. The summed E-state index contributed by atoms with van der Waals surface area (Å²) in [5.74, 6) is 0. The molecule has 3 nitrogen and oxygen atoms in total. The Balaban J connectivity index is 1.84. The van der Waals surface area contributed by atoms with Crippen LogP contribution >= 0.6 is 0 Å². The van der Waals surface area contributed by atoms with Crippen LogP contribution in [0, 0.1) is 0 Å². The van der Waals surface area contributed by atoms with Gasteiger partial charge in [0, 0.05) is 13.0 Å². The molecule has 166 valence electrons. The van der Waals surface area contributed by atoms with Gasteiger partial charge in [0.25, 0.3) is 0 Å². The lowest BCUT2D eigenvalue weighted by Crippen LogP contribution is -2.28. The van der Waals surface area contributed by atoms with Crippen molar-refractivity contribution in [1.29, 1.82) is 0 Å². The molecule has 0 aromatic heterocycles. The van der Waals surface area contributed by atoms with Crippen molar-refractivity contribution < 1.29 is 14.3 Å². The summed E-state index contributed by atoms with van der Waals surface area (Å²) >= 11 is 0. The summed E-state index contributed by atoms with van der Waals surface area (Å²) in [4.78, 5) is 10.9. The smallest absolute Gasteiger partial charge is 0.157 e. The molecule has 0 saturated carbocycles. The van der Waals surface area contributed by atoms with Gasteiger partial charge in [-0.05, 0) is 25.7 Å². The molecular weight excluding hydrogens is 348 g/mol. The van der Waals surface area contributed by atoms with Crippen LogP contribution in [0.15, 0.2) is 0 Å². The molecule has 0 bridgehead atoms. The van der Waals surface area contributed by atoms with Crippen molar-refractivity contribution in [3.63, 3.8) is 0 Å². The molecule has 1 saturated heterocycles. The van der Waals surface area contributed by atoms with Crippen LogP contribution in [0.2, 0.25) is 0 Å². The van der Waals surface area contributed by atoms with E-state index in [9.17, 15) is 4.79 Å². The van der Waals surface area contributed by atoms with Crippen molar-refractivity contribution >= 4 is 6.29 Å². The van der Waals surface area contributed by atoms with E-state index in [1.807, 2.05) is 0 Å². The maximum atomic E-state index is 10.9. The molecule has 0 amide bonds. The molecule has 1 fully saturated rings. The second-order valence-electron chi connectivity index (χ2n) is 8.70. The molecule has 2 atom stereocenters. The van der Waals surface area contributed by atoms with Gasteiger partial charge in [-0.1, -0.05) is 103 Å². The normalized spacial score (nSPS) is 18.2. The highest BCUT2D eigenvalue weighted by Gasteiger charge is 2.19. The summed E-state index contributed by atoms with van der Waals surface area (Å²) in [5, 5.41) is 0. The lowest BCUT2D eigenvalue weighted by Gasteiger charge is -2.27. The van der Waals surface area contributed by atoms with Crippen molar-refractivity contribution in [3.05, 3.63) is 0 Å². The Kier molecular flexibility index (Phi) is 18.2. The van der Waals surface area contributed by atoms with Gasteiger partial charge in [-0.15, -0.1) is 0 Å². The lowest BCUT2D eigenvalue weighted by atomic mass is 10.0. The van der Waals surface area contributed by atoms with Crippen molar-refractivity contribution in [2.45, 2.75) is 148 Å². The quantitative estimate of drug-likeness (QED) is 0.156. The Morgan fingerprint density at radius 1 is 0.821 bits per heavy atom. The molecular formula is C25H48O3. The third-order valence-electron chi connectivity index (χ3n) is 5.97. The summed E-state index contributed by atoms with van der Waals surface area (Å²) in [6, 6.07) is 0. The average Bonchev–Trinajstić information content (AvgIpc) is 2.71. The molecule has 0 aromatic carbocycles. The van der Waals surface area contributed by atoms with Crippen LogP contribution in [0.1, 0.15) is 135 Å². The first-order chi connectivity index (χ1) is 13.9. The van der Waals surface area contributed by atoms with Crippen LogP contribution in [0.5, 0.6) is 0 Å². The Morgan fingerprint density at radius 3 is 1.82 bits per heavy atom. The highest BCUT2D eigenvalue weighted by molar-refractivity contribution is 5.50. The van der Waals surface area contributed by atoms with Crippen LogP contribution in [0.3, 0.4) is 0 Å². The van der Waals surface area contributed by atoms with Gasteiger partial charge in [0.05, 0.1) is 6.10 Å². The molecule has 0 radical (unpaired) electrons. The summed E-state index contributed by atoms with van der Waals surface area (Å²) < 4.78 is 11.6. The highest BCUT2D eigenvalue weighted by Crippen LogP contribution is 2.20. The van der Waals surface area contributed by atoms with Gasteiger partial charge >= 0.3 is 0 Å². The maximum absolute atomic E-state index is 10.9. The zero-order valence-corrected chi connectivity index (χ0v) is 18.8. The maximum Gasteiger partial charge on any atom is 0.157 e. The molecule has 1 heterocycles. The Labute approximate surface area is 175 Å². The number of unbranched alkanes of at least 4 members (excludes halogenated alkanes) is 14.